The summed E-state index contributed by atoms with van der Waals surface area (Å²) >= 11 is 9.53. The van der Waals surface area contributed by atoms with Crippen molar-refractivity contribution in [3.63, 3.8) is 0 Å². The van der Waals surface area contributed by atoms with Gasteiger partial charge in [0.25, 0.3) is 23.9 Å². The molecule has 212 valence electrons. The highest BCUT2D eigenvalue weighted by Crippen LogP contribution is 2.31. The average Bonchev–Trinajstić information content (AvgIpc) is 2.61. The smallest absolute Gasteiger partial charge is 0.327 e. The number of aliphatic hydroxyl groups is 5. The molecule has 0 aromatic heterocycles. The van der Waals surface area contributed by atoms with Crippen LogP contribution >= 0.6 is 23.2 Å². The number of carboxylic acids is 4. The Labute approximate surface area is 209 Å². The molecular formula is C15H30Cl2O17S. The van der Waals surface area contributed by atoms with Gasteiger partial charge in [0.05, 0.1) is 11.9 Å². The van der Waals surface area contributed by atoms with Crippen LogP contribution in [0.3, 0.4) is 0 Å². The van der Waals surface area contributed by atoms with E-state index in [1.54, 1.807) is 0 Å². The largest absolute Gasteiger partial charge is 0.481 e. The first-order chi connectivity index (χ1) is 15.5. The Bertz CT molecular complexity index is 650. The van der Waals surface area contributed by atoms with Crippen molar-refractivity contribution in [1.29, 1.82) is 0 Å². The van der Waals surface area contributed by atoms with E-state index in [0.717, 1.165) is 27.7 Å². The minimum Gasteiger partial charge on any atom is -0.481 e. The molecule has 1 heterocycles. The summed E-state index contributed by atoms with van der Waals surface area (Å²) in [5.74, 6) is -3.33. The van der Waals surface area contributed by atoms with Gasteiger partial charge in [-0.05, 0) is 0 Å². The molecular weight excluding hydrogens is 555 g/mol. The second kappa shape index (κ2) is 22.6. The number of rotatable bonds is 2. The third-order valence-corrected chi connectivity index (χ3v) is 3.37. The van der Waals surface area contributed by atoms with Crippen molar-refractivity contribution in [2.75, 3.05) is 11.9 Å². The topological polar surface area (TPSA) is 314 Å². The fourth-order valence-corrected chi connectivity index (χ4v) is 2.03. The summed E-state index contributed by atoms with van der Waals surface area (Å²) in [5, 5.41) is 72.1. The first-order valence-electron chi connectivity index (χ1n) is 8.42. The molecule has 1 rings (SSSR count). The van der Waals surface area contributed by atoms with E-state index in [4.69, 9.17) is 72.5 Å². The van der Waals surface area contributed by atoms with Gasteiger partial charge < -0.3 is 50.7 Å². The first kappa shape index (κ1) is 43.2. The molecule has 17 nitrogen and oxygen atoms in total. The number of alkyl halides is 2. The molecule has 5 atom stereocenters. The Morgan fingerprint density at radius 3 is 1.20 bits per heavy atom. The minimum atomic E-state index is -5.27. The van der Waals surface area contributed by atoms with Crippen LogP contribution in [0.4, 0.5) is 0 Å². The van der Waals surface area contributed by atoms with E-state index in [1.807, 2.05) is 0 Å². The summed E-state index contributed by atoms with van der Waals surface area (Å²) in [6.45, 7) is 3.41. The van der Waals surface area contributed by atoms with Crippen molar-refractivity contribution in [3.05, 3.63) is 0 Å². The summed E-state index contributed by atoms with van der Waals surface area (Å²) in [5.41, 5.74) is 0. The van der Waals surface area contributed by atoms with Crippen LogP contribution in [0.25, 0.3) is 0 Å². The number of aliphatic hydroxyl groups excluding tert-OH is 4. The van der Waals surface area contributed by atoms with Crippen LogP contribution < -0.4 is 0 Å². The summed E-state index contributed by atoms with van der Waals surface area (Å²) < 4.78 is 34.5. The molecule has 0 radical (unpaired) electrons. The van der Waals surface area contributed by atoms with Gasteiger partial charge in [-0.15, -0.1) is 23.2 Å². The molecule has 0 aliphatic carbocycles. The molecule has 10 N–H and O–H groups in total. The predicted octanol–water partition coefficient (Wildman–Crippen LogP) is -2.22. The average molecular weight is 585 g/mol. The molecule has 0 amide bonds. The molecule has 1 fully saturated rings. The molecule has 0 aromatic rings. The maximum atomic E-state index is 10.8. The molecule has 20 heteroatoms. The third-order valence-electron chi connectivity index (χ3n) is 2.30. The minimum absolute atomic E-state index is 0.194. The summed E-state index contributed by atoms with van der Waals surface area (Å²) in [4.78, 5) is 36.0. The Morgan fingerprint density at radius 1 is 0.800 bits per heavy atom. The van der Waals surface area contributed by atoms with Gasteiger partial charge in [0.2, 0.25) is 0 Å². The molecule has 0 bridgehead atoms. The van der Waals surface area contributed by atoms with E-state index in [9.17, 15) is 28.8 Å². The van der Waals surface area contributed by atoms with Crippen LogP contribution in [-0.4, -0.2) is 124 Å². The molecule has 35 heavy (non-hydrogen) atoms. The van der Waals surface area contributed by atoms with Crippen LogP contribution in [0, 0.1) is 0 Å². The number of carbonyl (C=O) groups is 4. The second-order valence-corrected chi connectivity index (χ2v) is 7.89. The molecule has 0 spiro atoms. The Morgan fingerprint density at radius 2 is 1.03 bits per heavy atom. The maximum absolute atomic E-state index is 10.8. The molecule has 0 unspecified atom stereocenters. The van der Waals surface area contributed by atoms with Crippen LogP contribution in [0.2, 0.25) is 0 Å². The van der Waals surface area contributed by atoms with Gasteiger partial charge >= 0.3 is 15.2 Å². The number of aliphatic carboxylic acids is 4. The first-order valence-corrected chi connectivity index (χ1v) is 10.9. The zero-order valence-corrected chi connectivity index (χ0v) is 21.0. The van der Waals surface area contributed by atoms with Gasteiger partial charge in [0.15, 0.2) is 6.10 Å². The van der Waals surface area contributed by atoms with Gasteiger partial charge in [-0.3, -0.25) is 23.7 Å². The number of halogens is 2. The maximum Gasteiger partial charge on any atom is 0.327 e. The fourth-order valence-electron chi connectivity index (χ4n) is 1.34. The lowest BCUT2D eigenvalue weighted by Crippen LogP contribution is -2.67. The number of ether oxygens (including phenoxy) is 1. The van der Waals surface area contributed by atoms with E-state index in [2.05, 4.69) is 4.74 Å². The zero-order chi connectivity index (χ0) is 29.7. The van der Waals surface area contributed by atoms with Gasteiger partial charge in [0.1, 0.15) is 18.3 Å². The van der Waals surface area contributed by atoms with Crippen LogP contribution in [0.15, 0.2) is 0 Å². The lowest BCUT2D eigenvalue weighted by atomic mass is 9.99. The molecule has 1 saturated heterocycles. The molecule has 1 aliphatic rings. The van der Waals surface area contributed by atoms with E-state index in [-0.39, 0.29) is 5.34 Å². The quantitative estimate of drug-likeness (QED) is 0.121. The van der Waals surface area contributed by atoms with E-state index in [1.165, 1.54) is 0 Å². The Hall–Kier alpha value is -1.87. The van der Waals surface area contributed by atoms with Crippen molar-refractivity contribution >= 4 is 57.2 Å². The van der Waals surface area contributed by atoms with Crippen molar-refractivity contribution < 1.29 is 82.8 Å². The standard InChI is InChI=1S/C6H12O9S.4C2H4O2.CH2Cl2/c7-1-2-3(8)4(9)5(10)6(11,15-2)16(12,13)14;4*1-2(3)4;2-1-3/h2-5,7-11H,1H2,(H,12,13,14);4*1H3,(H,3,4);1H2/t2-,3-,4+,5-,6+;;;;;/m1...../s1. The van der Waals surface area contributed by atoms with Crippen LogP contribution in [0.1, 0.15) is 27.7 Å². The van der Waals surface area contributed by atoms with Gasteiger partial charge in [0, 0.05) is 27.7 Å². The highest BCUT2D eigenvalue weighted by molar-refractivity contribution is 7.86. The second-order valence-electron chi connectivity index (χ2n) is 5.55. The van der Waals surface area contributed by atoms with Crippen LogP contribution in [0.5, 0.6) is 0 Å². The molecule has 0 aromatic carbocycles. The number of hydrogen-bond donors (Lipinski definition) is 10. The lowest BCUT2D eigenvalue weighted by Gasteiger charge is -2.42. The summed E-state index contributed by atoms with van der Waals surface area (Å²) in [6.07, 6.45) is -8.04. The van der Waals surface area contributed by atoms with E-state index >= 15 is 0 Å². The Kier molecular flexibility index (Phi) is 27.9. The SMILES string of the molecule is CC(=O)O.CC(=O)O.CC(=O)O.CC(=O)O.ClCCl.O=S(=O)(O)[C@@]1(O)O[C@H](CO)[C@@H](O)[C@H](O)[C@H]1O. The summed E-state index contributed by atoms with van der Waals surface area (Å²) in [6, 6.07) is 0. The van der Waals surface area contributed by atoms with Gasteiger partial charge in [-0.1, -0.05) is 0 Å². The van der Waals surface area contributed by atoms with E-state index < -0.39 is 70.1 Å². The highest BCUT2D eigenvalue weighted by atomic mass is 35.5. The monoisotopic (exact) mass is 584 g/mol. The van der Waals surface area contributed by atoms with Crippen molar-refractivity contribution in [2.45, 2.75) is 57.2 Å². The van der Waals surface area contributed by atoms with Gasteiger partial charge in [-0.2, -0.15) is 8.42 Å². The number of hydrogen-bond acceptors (Lipinski definition) is 12. The number of carboxylic acid groups (broad SMARTS) is 4. The zero-order valence-electron chi connectivity index (χ0n) is 18.7. The van der Waals surface area contributed by atoms with Crippen LogP contribution in [-0.2, 0) is 34.0 Å². The molecule has 0 saturated carbocycles. The summed E-state index contributed by atoms with van der Waals surface area (Å²) in [7, 11) is -5.27. The van der Waals surface area contributed by atoms with Crippen molar-refractivity contribution in [3.8, 4) is 0 Å². The molecule has 1 aliphatic heterocycles. The third kappa shape index (κ3) is 28.3. The van der Waals surface area contributed by atoms with E-state index in [0.29, 0.717) is 0 Å². The highest BCUT2D eigenvalue weighted by Gasteiger charge is 2.60. The fraction of sp³-hybridized carbons (Fsp3) is 0.733. The van der Waals surface area contributed by atoms with Gasteiger partial charge in [-0.25, -0.2) is 0 Å². The normalized spacial score (nSPS) is 24.2. The van der Waals surface area contributed by atoms with Crippen molar-refractivity contribution in [1.82, 2.24) is 0 Å². The Balaban J connectivity index is -0.000000129. The van der Waals surface area contributed by atoms with Crippen molar-refractivity contribution in [2.24, 2.45) is 0 Å². The lowest BCUT2D eigenvalue weighted by molar-refractivity contribution is -0.311. The predicted molar refractivity (Wildman–Crippen MR) is 116 cm³/mol.